The molecule has 0 aliphatic carbocycles. The zero-order valence-corrected chi connectivity index (χ0v) is 20.5. The van der Waals surface area contributed by atoms with Gasteiger partial charge in [0, 0.05) is 44.3 Å². The van der Waals surface area contributed by atoms with Gasteiger partial charge >= 0.3 is 0 Å². The molecule has 1 aliphatic heterocycles. The number of para-hydroxylation sites is 1. The molecule has 0 unspecified atom stereocenters. The van der Waals surface area contributed by atoms with E-state index in [0.717, 1.165) is 16.5 Å². The lowest BCUT2D eigenvalue weighted by Gasteiger charge is -2.26. The van der Waals surface area contributed by atoms with Crippen LogP contribution in [-0.4, -0.2) is 33.2 Å². The van der Waals surface area contributed by atoms with Gasteiger partial charge in [-0.2, -0.15) is 0 Å². The lowest BCUT2D eigenvalue weighted by Crippen LogP contribution is -2.31. The standard InChI is InChI=1S/C27H19Cl3N2O3/c28-17-7-5-15(6-8-17)25(33)23-24(20-10-9-18(29)13-21(20)30)32(27(35)26(23)34)12-11-16-14-31-22-4-2-1-3-19(16)22/h1-10,13-14,24,31,33H,11-12H2/t24-/m0/s1. The first kappa shape index (κ1) is 23.5. The average molecular weight is 526 g/mol. The molecule has 1 fully saturated rings. The molecule has 2 N–H and O–H groups in total. The van der Waals surface area contributed by atoms with Crippen LogP contribution in [0.3, 0.4) is 0 Å². The summed E-state index contributed by atoms with van der Waals surface area (Å²) in [4.78, 5) is 31.1. The molecule has 35 heavy (non-hydrogen) atoms. The summed E-state index contributed by atoms with van der Waals surface area (Å²) in [7, 11) is 0. The van der Waals surface area contributed by atoms with Crippen LogP contribution in [0, 0.1) is 0 Å². The van der Waals surface area contributed by atoms with Crippen molar-refractivity contribution >= 4 is 63.2 Å². The highest BCUT2D eigenvalue weighted by molar-refractivity contribution is 6.47. The molecule has 1 aromatic heterocycles. The van der Waals surface area contributed by atoms with Crippen molar-refractivity contribution in [1.29, 1.82) is 0 Å². The van der Waals surface area contributed by atoms with Crippen molar-refractivity contribution in [2.75, 3.05) is 6.54 Å². The minimum absolute atomic E-state index is 0.0273. The number of aromatic nitrogens is 1. The van der Waals surface area contributed by atoms with Gasteiger partial charge in [-0.3, -0.25) is 9.59 Å². The van der Waals surface area contributed by atoms with Crippen LogP contribution in [-0.2, 0) is 16.0 Å². The first-order chi connectivity index (χ1) is 16.8. The summed E-state index contributed by atoms with van der Waals surface area (Å²) >= 11 is 18.6. The lowest BCUT2D eigenvalue weighted by molar-refractivity contribution is -0.139. The van der Waals surface area contributed by atoms with Gasteiger partial charge in [-0.25, -0.2) is 0 Å². The number of amides is 1. The van der Waals surface area contributed by atoms with E-state index in [1.807, 2.05) is 30.5 Å². The zero-order valence-electron chi connectivity index (χ0n) is 18.3. The second-order valence-corrected chi connectivity index (χ2v) is 9.55. The van der Waals surface area contributed by atoms with E-state index in [0.29, 0.717) is 32.6 Å². The van der Waals surface area contributed by atoms with Crippen molar-refractivity contribution in [1.82, 2.24) is 9.88 Å². The fourth-order valence-corrected chi connectivity index (χ4v) is 5.14. The number of aromatic amines is 1. The maximum Gasteiger partial charge on any atom is 0.295 e. The molecule has 2 heterocycles. The Bertz CT molecular complexity index is 1490. The number of aliphatic hydroxyl groups excluding tert-OH is 1. The molecular formula is C27H19Cl3N2O3. The maximum absolute atomic E-state index is 13.2. The molecule has 5 rings (SSSR count). The third-order valence-electron chi connectivity index (χ3n) is 6.21. The van der Waals surface area contributed by atoms with Crippen LogP contribution in [0.25, 0.3) is 16.7 Å². The number of nitrogens with zero attached hydrogens (tertiary/aromatic N) is 1. The smallest absolute Gasteiger partial charge is 0.295 e. The van der Waals surface area contributed by atoms with Gasteiger partial charge in [0.2, 0.25) is 0 Å². The van der Waals surface area contributed by atoms with Gasteiger partial charge in [0.25, 0.3) is 11.7 Å². The van der Waals surface area contributed by atoms with Crippen molar-refractivity contribution in [2.45, 2.75) is 12.5 Å². The third kappa shape index (κ3) is 4.31. The molecule has 1 saturated heterocycles. The van der Waals surface area contributed by atoms with Crippen LogP contribution >= 0.6 is 34.8 Å². The van der Waals surface area contributed by atoms with Gasteiger partial charge in [0.1, 0.15) is 5.76 Å². The van der Waals surface area contributed by atoms with Gasteiger partial charge in [-0.05, 0) is 60.0 Å². The minimum Gasteiger partial charge on any atom is -0.507 e. The normalized spacial score (nSPS) is 17.5. The molecule has 0 saturated carbocycles. The van der Waals surface area contributed by atoms with Crippen molar-refractivity contribution in [3.63, 3.8) is 0 Å². The van der Waals surface area contributed by atoms with E-state index in [1.165, 1.54) is 4.90 Å². The summed E-state index contributed by atoms with van der Waals surface area (Å²) in [6.45, 7) is 0.243. The maximum atomic E-state index is 13.2. The van der Waals surface area contributed by atoms with Gasteiger partial charge in [0.15, 0.2) is 0 Å². The average Bonchev–Trinajstić information content (AvgIpc) is 3.36. The number of ketones is 1. The number of carbonyl (C=O) groups is 2. The number of fused-ring (bicyclic) bond motifs is 1. The Labute approximate surface area is 216 Å². The van der Waals surface area contributed by atoms with Gasteiger partial charge in [-0.15, -0.1) is 0 Å². The number of rotatable bonds is 5. The second kappa shape index (κ2) is 9.42. The molecule has 5 nitrogen and oxygen atoms in total. The van der Waals surface area contributed by atoms with Crippen LogP contribution in [0.4, 0.5) is 0 Å². The summed E-state index contributed by atoms with van der Waals surface area (Å²) in [6, 6.07) is 18.3. The van der Waals surface area contributed by atoms with Gasteiger partial charge < -0.3 is 15.0 Å². The summed E-state index contributed by atoms with van der Waals surface area (Å²) in [6.07, 6.45) is 2.40. The lowest BCUT2D eigenvalue weighted by atomic mass is 9.95. The Kier molecular flexibility index (Phi) is 6.32. The Morgan fingerprint density at radius 2 is 1.66 bits per heavy atom. The highest BCUT2D eigenvalue weighted by Gasteiger charge is 2.46. The van der Waals surface area contributed by atoms with E-state index in [4.69, 9.17) is 34.8 Å². The van der Waals surface area contributed by atoms with E-state index in [-0.39, 0.29) is 17.9 Å². The molecule has 1 amide bonds. The summed E-state index contributed by atoms with van der Waals surface area (Å²) in [5.41, 5.74) is 2.86. The molecule has 0 bridgehead atoms. The monoisotopic (exact) mass is 524 g/mol. The van der Waals surface area contributed by atoms with Gasteiger partial charge in [0.05, 0.1) is 11.6 Å². The number of Topliss-reactive ketones (excluding diaryl/α,β-unsaturated/α-hetero) is 1. The molecule has 1 aliphatic rings. The summed E-state index contributed by atoms with van der Waals surface area (Å²) in [5.74, 6) is -1.76. The minimum atomic E-state index is -0.874. The van der Waals surface area contributed by atoms with Crippen molar-refractivity contribution in [3.8, 4) is 0 Å². The number of nitrogens with one attached hydrogen (secondary N) is 1. The van der Waals surface area contributed by atoms with Crippen LogP contribution in [0.2, 0.25) is 15.1 Å². The second-order valence-electron chi connectivity index (χ2n) is 8.27. The molecule has 0 radical (unpaired) electrons. The number of aliphatic hydroxyl groups is 1. The first-order valence-corrected chi connectivity index (χ1v) is 12.0. The van der Waals surface area contributed by atoms with Crippen molar-refractivity contribution in [2.24, 2.45) is 0 Å². The van der Waals surface area contributed by atoms with E-state index < -0.39 is 17.7 Å². The number of halogens is 3. The predicted octanol–water partition coefficient (Wildman–Crippen LogP) is 6.79. The van der Waals surface area contributed by atoms with E-state index in [2.05, 4.69) is 4.98 Å². The Morgan fingerprint density at radius 1 is 0.943 bits per heavy atom. The Morgan fingerprint density at radius 3 is 2.40 bits per heavy atom. The van der Waals surface area contributed by atoms with Crippen LogP contribution < -0.4 is 0 Å². The number of H-pyrrole nitrogens is 1. The molecule has 176 valence electrons. The highest BCUT2D eigenvalue weighted by Crippen LogP contribution is 2.42. The van der Waals surface area contributed by atoms with Gasteiger partial charge in [-0.1, -0.05) is 59.1 Å². The van der Waals surface area contributed by atoms with Crippen LogP contribution in [0.5, 0.6) is 0 Å². The number of hydrogen-bond acceptors (Lipinski definition) is 3. The fourth-order valence-electron chi connectivity index (χ4n) is 4.50. The molecule has 1 atom stereocenters. The van der Waals surface area contributed by atoms with Crippen molar-refractivity contribution < 1.29 is 14.7 Å². The SMILES string of the molecule is O=C1C(=O)N(CCc2c[nH]c3ccccc23)[C@@H](c2ccc(Cl)cc2Cl)C1=C(O)c1ccc(Cl)cc1. The highest BCUT2D eigenvalue weighted by atomic mass is 35.5. The Hall–Kier alpha value is -3.25. The van der Waals surface area contributed by atoms with E-state index in [9.17, 15) is 14.7 Å². The van der Waals surface area contributed by atoms with Crippen LogP contribution in [0.15, 0.2) is 78.5 Å². The quantitative estimate of drug-likeness (QED) is 0.171. The molecule has 8 heteroatoms. The third-order valence-corrected chi connectivity index (χ3v) is 7.03. The summed E-state index contributed by atoms with van der Waals surface area (Å²) in [5, 5.41) is 13.4. The van der Waals surface area contributed by atoms with E-state index in [1.54, 1.807) is 42.5 Å². The van der Waals surface area contributed by atoms with Crippen LogP contribution in [0.1, 0.15) is 22.7 Å². The number of likely N-dealkylation sites (tertiary alicyclic amines) is 1. The first-order valence-electron chi connectivity index (χ1n) is 10.9. The molecule has 0 spiro atoms. The molecule has 4 aromatic rings. The Balaban J connectivity index is 1.59. The predicted molar refractivity (Wildman–Crippen MR) is 139 cm³/mol. The fraction of sp³-hybridized carbons (Fsp3) is 0.111. The number of hydrogen-bond donors (Lipinski definition) is 2. The topological polar surface area (TPSA) is 73.4 Å². The summed E-state index contributed by atoms with van der Waals surface area (Å²) < 4.78 is 0. The molecular weight excluding hydrogens is 507 g/mol. The van der Waals surface area contributed by atoms with E-state index >= 15 is 0 Å². The zero-order chi connectivity index (χ0) is 24.7. The number of benzene rings is 3. The van der Waals surface area contributed by atoms with Crippen molar-refractivity contribution in [3.05, 3.63) is 110 Å². The number of carbonyl (C=O) groups excluding carboxylic acids is 2. The molecule has 3 aromatic carbocycles. The largest absolute Gasteiger partial charge is 0.507 e.